The van der Waals surface area contributed by atoms with Crippen LogP contribution in [-0.2, 0) is 11.2 Å². The molecule has 0 spiro atoms. The van der Waals surface area contributed by atoms with E-state index in [2.05, 4.69) is 27.2 Å². The van der Waals surface area contributed by atoms with Gasteiger partial charge in [0.1, 0.15) is 16.0 Å². The topological polar surface area (TPSA) is 38.2 Å². The second-order valence-corrected chi connectivity index (χ2v) is 6.01. The first kappa shape index (κ1) is 13.8. The molecule has 0 aliphatic carbocycles. The summed E-state index contributed by atoms with van der Waals surface area (Å²) in [6.07, 6.45) is 6.92. The van der Waals surface area contributed by atoms with Crippen LogP contribution in [0.25, 0.3) is 11.0 Å². The Morgan fingerprint density at radius 1 is 1.30 bits per heavy atom. The molecule has 0 radical (unpaired) electrons. The van der Waals surface area contributed by atoms with Gasteiger partial charge in [-0.15, -0.1) is 0 Å². The van der Waals surface area contributed by atoms with Crippen LogP contribution in [0.2, 0.25) is 0 Å². The quantitative estimate of drug-likeness (QED) is 0.793. The molecule has 5 heteroatoms. The van der Waals surface area contributed by atoms with E-state index in [0.29, 0.717) is 0 Å². The third-order valence-electron chi connectivity index (χ3n) is 3.72. The minimum Gasteiger partial charge on any atom is -0.378 e. The van der Waals surface area contributed by atoms with Crippen molar-refractivity contribution < 1.29 is 4.74 Å². The minimum absolute atomic E-state index is 0.800. The van der Waals surface area contributed by atoms with Crippen LogP contribution in [-0.4, -0.2) is 35.7 Å². The molecule has 0 aromatic carbocycles. The largest absolute Gasteiger partial charge is 0.378 e. The second-order valence-electron chi connectivity index (χ2n) is 5.26. The molecule has 1 fully saturated rings. The van der Waals surface area contributed by atoms with Crippen LogP contribution in [0, 0.1) is 0 Å². The lowest BCUT2D eigenvalue weighted by atomic mass is 10.1. The van der Waals surface area contributed by atoms with E-state index < -0.39 is 0 Å². The number of ether oxygens (including phenoxy) is 1. The van der Waals surface area contributed by atoms with Crippen LogP contribution in [0.5, 0.6) is 0 Å². The highest BCUT2D eigenvalue weighted by molar-refractivity contribution is 7.11. The fourth-order valence-corrected chi connectivity index (χ4v) is 3.42. The van der Waals surface area contributed by atoms with Gasteiger partial charge >= 0.3 is 0 Å². The predicted molar refractivity (Wildman–Crippen MR) is 83.7 cm³/mol. The zero-order valence-electron chi connectivity index (χ0n) is 12.0. The number of aryl methyl sites for hydroxylation is 1. The summed E-state index contributed by atoms with van der Waals surface area (Å²) in [7, 11) is 0. The Hall–Kier alpha value is -1.20. The van der Waals surface area contributed by atoms with Gasteiger partial charge in [-0.25, -0.2) is 0 Å². The highest BCUT2D eigenvalue weighted by atomic mass is 32.1. The molecular weight excluding hydrogens is 270 g/mol. The lowest BCUT2D eigenvalue weighted by molar-refractivity contribution is 0.123. The van der Waals surface area contributed by atoms with E-state index in [4.69, 9.17) is 4.74 Å². The van der Waals surface area contributed by atoms with Crippen LogP contribution >= 0.6 is 11.5 Å². The third-order valence-corrected chi connectivity index (χ3v) is 4.64. The van der Waals surface area contributed by atoms with Crippen molar-refractivity contribution in [1.82, 2.24) is 9.36 Å². The summed E-state index contributed by atoms with van der Waals surface area (Å²) in [6, 6.07) is 2.21. The summed E-state index contributed by atoms with van der Waals surface area (Å²) in [5, 5.41) is 1.20. The molecule has 0 atom stereocenters. The number of hydrogen-bond acceptors (Lipinski definition) is 5. The van der Waals surface area contributed by atoms with Gasteiger partial charge in [-0.05, 0) is 36.0 Å². The fraction of sp³-hybridized carbons (Fsp3) is 0.600. The van der Waals surface area contributed by atoms with Crippen molar-refractivity contribution in [3.05, 3.63) is 17.8 Å². The van der Waals surface area contributed by atoms with Gasteiger partial charge < -0.3 is 9.64 Å². The lowest BCUT2D eigenvalue weighted by Gasteiger charge is -2.26. The summed E-state index contributed by atoms with van der Waals surface area (Å²) in [6.45, 7) is 5.72. The van der Waals surface area contributed by atoms with Gasteiger partial charge in [-0.2, -0.15) is 4.37 Å². The molecule has 2 aromatic rings. The number of pyridine rings is 1. The molecule has 0 N–H and O–H groups in total. The van der Waals surface area contributed by atoms with Crippen molar-refractivity contribution in [3.8, 4) is 0 Å². The first-order valence-electron chi connectivity index (χ1n) is 7.45. The van der Waals surface area contributed by atoms with Crippen LogP contribution < -0.4 is 4.90 Å². The first-order chi connectivity index (χ1) is 9.88. The smallest absolute Gasteiger partial charge is 0.138 e. The Labute approximate surface area is 123 Å². The van der Waals surface area contributed by atoms with E-state index >= 15 is 0 Å². The minimum atomic E-state index is 0.800. The van der Waals surface area contributed by atoms with Crippen molar-refractivity contribution in [2.24, 2.45) is 0 Å². The maximum absolute atomic E-state index is 5.41. The fourth-order valence-electron chi connectivity index (χ4n) is 2.55. The maximum Gasteiger partial charge on any atom is 0.138 e. The molecule has 20 heavy (non-hydrogen) atoms. The average Bonchev–Trinajstić information content (AvgIpc) is 2.91. The average molecular weight is 291 g/mol. The summed E-state index contributed by atoms with van der Waals surface area (Å²) in [5.41, 5.74) is 3.41. The molecule has 1 aliphatic rings. The van der Waals surface area contributed by atoms with E-state index in [1.165, 1.54) is 29.8 Å². The van der Waals surface area contributed by atoms with Crippen LogP contribution in [0.1, 0.15) is 31.7 Å². The molecule has 0 bridgehead atoms. The predicted octanol–water partition coefficient (Wildman–Crippen LogP) is 3.26. The van der Waals surface area contributed by atoms with Crippen LogP contribution in [0.15, 0.2) is 12.3 Å². The van der Waals surface area contributed by atoms with Gasteiger partial charge in [0, 0.05) is 19.3 Å². The van der Waals surface area contributed by atoms with Gasteiger partial charge in [0.15, 0.2) is 0 Å². The Morgan fingerprint density at radius 3 is 2.95 bits per heavy atom. The van der Waals surface area contributed by atoms with Gasteiger partial charge in [-0.1, -0.05) is 19.8 Å². The number of hydrogen-bond donors (Lipinski definition) is 0. The molecule has 3 heterocycles. The van der Waals surface area contributed by atoms with Gasteiger partial charge in [0.05, 0.1) is 13.2 Å². The zero-order valence-corrected chi connectivity index (χ0v) is 12.8. The lowest BCUT2D eigenvalue weighted by Crippen LogP contribution is -2.35. The number of fused-ring (bicyclic) bond motifs is 1. The Bertz CT molecular complexity index is 563. The summed E-state index contributed by atoms with van der Waals surface area (Å²) in [5.74, 6) is 0. The summed E-state index contributed by atoms with van der Waals surface area (Å²) in [4.78, 5) is 7.00. The molecule has 0 amide bonds. The maximum atomic E-state index is 5.41. The Kier molecular flexibility index (Phi) is 4.47. The highest BCUT2D eigenvalue weighted by Crippen LogP contribution is 2.30. The highest BCUT2D eigenvalue weighted by Gasteiger charge is 2.17. The number of anilines is 1. The number of aromatic nitrogens is 2. The van der Waals surface area contributed by atoms with Crippen molar-refractivity contribution in [2.75, 3.05) is 31.2 Å². The van der Waals surface area contributed by atoms with Crippen molar-refractivity contribution in [1.29, 1.82) is 0 Å². The molecule has 4 nitrogen and oxygen atoms in total. The van der Waals surface area contributed by atoms with Crippen molar-refractivity contribution in [2.45, 2.75) is 32.6 Å². The van der Waals surface area contributed by atoms with E-state index in [0.717, 1.165) is 43.8 Å². The van der Waals surface area contributed by atoms with Crippen LogP contribution in [0.4, 0.5) is 5.00 Å². The Morgan fingerprint density at radius 2 is 2.15 bits per heavy atom. The second kappa shape index (κ2) is 6.50. The number of nitrogens with zero attached hydrogens (tertiary/aromatic N) is 3. The Balaban J connectivity index is 1.78. The van der Waals surface area contributed by atoms with Gasteiger partial charge in [0.2, 0.25) is 0 Å². The molecule has 1 saturated heterocycles. The number of morpholine rings is 1. The molecule has 1 aliphatic heterocycles. The van der Waals surface area contributed by atoms with Crippen molar-refractivity contribution >= 4 is 27.6 Å². The van der Waals surface area contributed by atoms with E-state index in [1.54, 1.807) is 11.5 Å². The van der Waals surface area contributed by atoms with Crippen LogP contribution in [0.3, 0.4) is 0 Å². The number of unbranched alkanes of at least 4 members (excludes halogenated alkanes) is 2. The van der Waals surface area contributed by atoms with E-state index in [1.807, 2.05) is 6.20 Å². The van der Waals surface area contributed by atoms with Gasteiger partial charge in [0.25, 0.3) is 0 Å². The summed E-state index contributed by atoms with van der Waals surface area (Å²) >= 11 is 1.56. The molecular formula is C15H21N3OS. The monoisotopic (exact) mass is 291 g/mol. The number of rotatable bonds is 5. The van der Waals surface area contributed by atoms with E-state index in [-0.39, 0.29) is 0 Å². The normalized spacial score (nSPS) is 15.9. The SMILES string of the molecule is CCCCCc1cnc2c(N3CCOCC3)snc2c1. The molecule has 108 valence electrons. The van der Waals surface area contributed by atoms with Gasteiger partial charge in [-0.3, -0.25) is 4.98 Å². The third kappa shape index (κ3) is 2.94. The summed E-state index contributed by atoms with van der Waals surface area (Å²) < 4.78 is 9.99. The van der Waals surface area contributed by atoms with E-state index in [9.17, 15) is 0 Å². The van der Waals surface area contributed by atoms with Crippen molar-refractivity contribution in [3.63, 3.8) is 0 Å². The molecule has 2 aromatic heterocycles. The molecule has 0 saturated carbocycles. The zero-order chi connectivity index (χ0) is 13.8. The standard InChI is InChI=1S/C15H21N3OS/c1-2-3-4-5-12-10-13-14(16-11-12)15(20-17-13)18-6-8-19-9-7-18/h10-11H,2-9H2,1H3. The molecule has 3 rings (SSSR count). The first-order valence-corrected chi connectivity index (χ1v) is 8.23. The molecule has 0 unspecified atom stereocenters.